The van der Waals surface area contributed by atoms with Gasteiger partial charge in [0.25, 0.3) is 0 Å². The van der Waals surface area contributed by atoms with Crippen molar-refractivity contribution in [3.05, 3.63) is 65.7 Å². The number of likely N-dealkylation sites (tertiary alicyclic amines) is 1. The predicted molar refractivity (Wildman–Crippen MR) is 118 cm³/mol. The number of carbonyl (C=O) groups excluding carboxylic acids is 1. The predicted octanol–water partition coefficient (Wildman–Crippen LogP) is 5.83. The Morgan fingerprint density at radius 1 is 1.09 bits per heavy atom. The van der Waals surface area contributed by atoms with Gasteiger partial charge in [-0.25, -0.2) is 4.79 Å². The number of hydrogen-bond acceptors (Lipinski definition) is 4. The number of benzene rings is 2. The summed E-state index contributed by atoms with van der Waals surface area (Å²) in [5, 5.41) is 10.7. The summed E-state index contributed by atoms with van der Waals surface area (Å²) in [5.74, 6) is 0.167. The lowest BCUT2D eigenvalue weighted by Gasteiger charge is -2.38. The highest BCUT2D eigenvalue weighted by molar-refractivity contribution is 5.68. The van der Waals surface area contributed by atoms with E-state index >= 15 is 0 Å². The molecule has 180 valence electrons. The van der Waals surface area contributed by atoms with Crippen LogP contribution in [0.1, 0.15) is 50.8 Å². The van der Waals surface area contributed by atoms with Crippen LogP contribution in [0.15, 0.2) is 54.6 Å². The van der Waals surface area contributed by atoms with E-state index in [-0.39, 0.29) is 12.5 Å². The van der Waals surface area contributed by atoms with E-state index in [4.69, 9.17) is 9.47 Å². The van der Waals surface area contributed by atoms with Gasteiger partial charge in [-0.3, -0.25) is 0 Å². The fraction of sp³-hybridized carbons (Fsp3) is 0.480. The average Bonchev–Trinajstić information content (AvgIpc) is 2.73. The first-order valence-electron chi connectivity index (χ1n) is 11.0. The van der Waals surface area contributed by atoms with Crippen molar-refractivity contribution < 1.29 is 32.5 Å². The lowest BCUT2D eigenvalue weighted by Crippen LogP contribution is -2.48. The maximum absolute atomic E-state index is 12.9. The Labute approximate surface area is 192 Å². The molecule has 0 spiro atoms. The van der Waals surface area contributed by atoms with Gasteiger partial charge in [0.2, 0.25) is 0 Å². The number of carbonyl (C=O) groups is 1. The quantitative estimate of drug-likeness (QED) is 0.603. The van der Waals surface area contributed by atoms with Crippen LogP contribution in [0, 0.1) is 5.92 Å². The number of hydrogen-bond donors (Lipinski definition) is 1. The lowest BCUT2D eigenvalue weighted by atomic mass is 9.87. The van der Waals surface area contributed by atoms with Crippen LogP contribution in [-0.2, 0) is 10.9 Å². The highest BCUT2D eigenvalue weighted by Gasteiger charge is 2.35. The molecule has 33 heavy (non-hydrogen) atoms. The van der Waals surface area contributed by atoms with Gasteiger partial charge in [0.05, 0.1) is 18.2 Å². The third-order valence-electron chi connectivity index (χ3n) is 5.52. The molecular weight excluding hydrogens is 435 g/mol. The Morgan fingerprint density at radius 2 is 1.73 bits per heavy atom. The van der Waals surface area contributed by atoms with Crippen LogP contribution >= 0.6 is 0 Å². The van der Waals surface area contributed by atoms with E-state index in [9.17, 15) is 23.1 Å². The Hall–Kier alpha value is -2.74. The summed E-state index contributed by atoms with van der Waals surface area (Å²) in [6.45, 7) is 5.96. The van der Waals surface area contributed by atoms with Gasteiger partial charge in [0.1, 0.15) is 17.5 Å². The molecule has 3 rings (SSSR count). The SMILES string of the molecule is CC(C)(C)OC(=O)N1CC[C@H](C[C@H](Oc2ccc(C(F)(F)F)cc2)c2ccccc2)[C@@H](O)C1. The summed E-state index contributed by atoms with van der Waals surface area (Å²) in [7, 11) is 0. The number of halogens is 3. The van der Waals surface area contributed by atoms with Gasteiger partial charge in [0, 0.05) is 6.54 Å². The molecule has 0 bridgehead atoms. The summed E-state index contributed by atoms with van der Waals surface area (Å²) >= 11 is 0. The van der Waals surface area contributed by atoms with E-state index in [0.717, 1.165) is 17.7 Å². The van der Waals surface area contributed by atoms with Crippen molar-refractivity contribution in [1.82, 2.24) is 4.90 Å². The second-order valence-electron chi connectivity index (χ2n) is 9.32. The lowest BCUT2D eigenvalue weighted by molar-refractivity contribution is -0.137. The van der Waals surface area contributed by atoms with Crippen molar-refractivity contribution in [3.63, 3.8) is 0 Å². The second-order valence-corrected chi connectivity index (χ2v) is 9.32. The van der Waals surface area contributed by atoms with E-state index < -0.39 is 35.6 Å². The van der Waals surface area contributed by atoms with Gasteiger partial charge in [-0.05, 0) is 69.4 Å². The van der Waals surface area contributed by atoms with Crippen molar-refractivity contribution in [2.75, 3.05) is 13.1 Å². The van der Waals surface area contributed by atoms with Crippen LogP contribution < -0.4 is 4.74 Å². The number of ether oxygens (including phenoxy) is 2. The molecule has 1 amide bonds. The molecule has 1 aliphatic rings. The minimum Gasteiger partial charge on any atom is -0.486 e. The molecule has 0 aromatic heterocycles. The zero-order valence-corrected chi connectivity index (χ0v) is 19.0. The molecule has 2 aromatic rings. The molecule has 0 unspecified atom stereocenters. The van der Waals surface area contributed by atoms with Gasteiger partial charge in [-0.2, -0.15) is 13.2 Å². The third kappa shape index (κ3) is 7.12. The van der Waals surface area contributed by atoms with Crippen molar-refractivity contribution in [2.45, 2.75) is 57.6 Å². The standard InChI is InChI=1S/C25H30F3NO4/c1-24(2,3)33-23(31)29-14-13-18(21(30)16-29)15-22(17-7-5-4-6-8-17)32-20-11-9-19(10-12-20)25(26,27)28/h4-12,18,21-22,30H,13-16H2,1-3H3/t18-,21+,22+/m1/s1. The van der Waals surface area contributed by atoms with Gasteiger partial charge in [0.15, 0.2) is 0 Å². The number of aliphatic hydroxyl groups is 1. The summed E-state index contributed by atoms with van der Waals surface area (Å²) < 4.78 is 50.1. The minimum atomic E-state index is -4.41. The first-order valence-corrected chi connectivity index (χ1v) is 11.0. The molecule has 1 fully saturated rings. The maximum Gasteiger partial charge on any atom is 0.416 e. The summed E-state index contributed by atoms with van der Waals surface area (Å²) in [6.07, 6.45) is -5.09. The van der Waals surface area contributed by atoms with E-state index in [1.54, 1.807) is 20.8 Å². The number of aliphatic hydroxyl groups excluding tert-OH is 1. The molecule has 8 heteroatoms. The second kappa shape index (κ2) is 10.0. The number of rotatable bonds is 5. The zero-order valence-electron chi connectivity index (χ0n) is 19.0. The van der Waals surface area contributed by atoms with Gasteiger partial charge in [-0.1, -0.05) is 30.3 Å². The minimum absolute atomic E-state index is 0.150. The van der Waals surface area contributed by atoms with Crippen LogP contribution in [0.5, 0.6) is 5.75 Å². The largest absolute Gasteiger partial charge is 0.486 e. The molecule has 3 atom stereocenters. The molecule has 1 saturated heterocycles. The number of amides is 1. The molecule has 0 aliphatic carbocycles. The first kappa shape index (κ1) is 24.9. The van der Waals surface area contributed by atoms with Crippen LogP contribution in [0.3, 0.4) is 0 Å². The van der Waals surface area contributed by atoms with Crippen LogP contribution in [-0.4, -0.2) is 40.9 Å². The van der Waals surface area contributed by atoms with E-state index in [1.165, 1.54) is 17.0 Å². The Morgan fingerprint density at radius 3 is 2.27 bits per heavy atom. The van der Waals surface area contributed by atoms with Gasteiger partial charge < -0.3 is 19.5 Å². The fourth-order valence-corrected chi connectivity index (χ4v) is 3.83. The number of piperidine rings is 1. The van der Waals surface area contributed by atoms with Crippen LogP contribution in [0.2, 0.25) is 0 Å². The van der Waals surface area contributed by atoms with E-state index in [2.05, 4.69) is 0 Å². The normalized spacial score (nSPS) is 20.3. The highest BCUT2D eigenvalue weighted by atomic mass is 19.4. The molecule has 0 saturated carbocycles. The molecule has 0 radical (unpaired) electrons. The molecule has 1 aliphatic heterocycles. The summed E-state index contributed by atoms with van der Waals surface area (Å²) in [6, 6.07) is 14.0. The Balaban J connectivity index is 1.70. The zero-order chi connectivity index (χ0) is 24.2. The van der Waals surface area contributed by atoms with Crippen molar-refractivity contribution in [2.24, 2.45) is 5.92 Å². The smallest absolute Gasteiger partial charge is 0.416 e. The highest BCUT2D eigenvalue weighted by Crippen LogP contribution is 2.35. The molecular formula is C25H30F3NO4. The average molecular weight is 466 g/mol. The summed E-state index contributed by atoms with van der Waals surface area (Å²) in [5.41, 5.74) is -0.498. The van der Waals surface area contributed by atoms with E-state index in [0.29, 0.717) is 25.1 Å². The molecule has 2 aromatic carbocycles. The van der Waals surface area contributed by atoms with Crippen molar-refractivity contribution in [1.29, 1.82) is 0 Å². The number of alkyl halides is 3. The monoisotopic (exact) mass is 465 g/mol. The Bertz CT molecular complexity index is 910. The van der Waals surface area contributed by atoms with Gasteiger partial charge >= 0.3 is 12.3 Å². The van der Waals surface area contributed by atoms with Crippen molar-refractivity contribution >= 4 is 6.09 Å². The molecule has 5 nitrogen and oxygen atoms in total. The van der Waals surface area contributed by atoms with Crippen LogP contribution in [0.4, 0.5) is 18.0 Å². The number of β-amino-alcohol motifs (C(OH)–C–C–N with tert-alkyl or cyclic N) is 1. The van der Waals surface area contributed by atoms with Gasteiger partial charge in [-0.15, -0.1) is 0 Å². The van der Waals surface area contributed by atoms with Crippen molar-refractivity contribution in [3.8, 4) is 5.75 Å². The maximum atomic E-state index is 12.9. The number of nitrogens with zero attached hydrogens (tertiary/aromatic N) is 1. The van der Waals surface area contributed by atoms with E-state index in [1.807, 2.05) is 30.3 Å². The first-order chi connectivity index (χ1) is 15.4. The molecule has 1 heterocycles. The topological polar surface area (TPSA) is 59.0 Å². The Kier molecular flexibility index (Phi) is 7.57. The van der Waals surface area contributed by atoms with Crippen LogP contribution in [0.25, 0.3) is 0 Å². The molecule has 1 N–H and O–H groups in total. The fourth-order valence-electron chi connectivity index (χ4n) is 3.83. The third-order valence-corrected chi connectivity index (χ3v) is 5.52. The summed E-state index contributed by atoms with van der Waals surface area (Å²) in [4.78, 5) is 13.8.